The van der Waals surface area contributed by atoms with E-state index in [0.29, 0.717) is 5.69 Å². The number of carbonyl (C=O) groups excluding carboxylic acids is 1. The van der Waals surface area contributed by atoms with Crippen LogP contribution in [0, 0.1) is 0 Å². The molecule has 0 aromatic heterocycles. The molecule has 3 aromatic rings. The number of halogens is 5. The highest BCUT2D eigenvalue weighted by Gasteiger charge is 2.31. The van der Waals surface area contributed by atoms with Gasteiger partial charge in [-0.15, -0.1) is 0 Å². The summed E-state index contributed by atoms with van der Waals surface area (Å²) in [6, 6.07) is 14.4. The molecule has 0 fully saturated rings. The molecular weight excluding hydrogens is 549 g/mol. The maximum absolute atomic E-state index is 12.8. The molecule has 0 saturated carbocycles. The Morgan fingerprint density at radius 1 is 1.00 bits per heavy atom. The van der Waals surface area contributed by atoms with Crippen LogP contribution in [0.2, 0.25) is 5.02 Å². The molecule has 3 aromatic carbocycles. The van der Waals surface area contributed by atoms with E-state index in [1.165, 1.54) is 24.3 Å². The van der Waals surface area contributed by atoms with Gasteiger partial charge in [0.1, 0.15) is 5.75 Å². The van der Waals surface area contributed by atoms with Crippen molar-refractivity contribution in [1.29, 1.82) is 0 Å². The number of nitrogens with one attached hydrogen (secondary N) is 2. The third-order valence-corrected chi connectivity index (χ3v) is 6.42. The molecule has 0 heterocycles. The average molecular weight is 564 g/mol. The Balaban J connectivity index is 1.60. The van der Waals surface area contributed by atoms with Crippen molar-refractivity contribution in [2.24, 2.45) is 0 Å². The maximum atomic E-state index is 12.8. The number of rotatable bonds is 7. The molecule has 0 saturated heterocycles. The summed E-state index contributed by atoms with van der Waals surface area (Å²) in [6.07, 6.45) is -4.59. The molecular formula is C21H15BrClF3N2O4S. The number of alkyl halides is 3. The van der Waals surface area contributed by atoms with Crippen molar-refractivity contribution >= 4 is 54.8 Å². The van der Waals surface area contributed by atoms with Crippen molar-refractivity contribution < 1.29 is 31.1 Å². The van der Waals surface area contributed by atoms with Gasteiger partial charge in [0.25, 0.3) is 15.9 Å². The molecule has 0 unspecified atom stereocenters. The lowest BCUT2D eigenvalue weighted by Gasteiger charge is -2.12. The van der Waals surface area contributed by atoms with Gasteiger partial charge in [-0.25, -0.2) is 8.42 Å². The first kappa shape index (κ1) is 24.9. The van der Waals surface area contributed by atoms with E-state index in [0.717, 1.165) is 22.7 Å². The molecule has 0 atom stereocenters. The molecule has 12 heteroatoms. The molecule has 3 rings (SSSR count). The molecule has 0 radical (unpaired) electrons. The lowest BCUT2D eigenvalue weighted by Crippen LogP contribution is -2.21. The van der Waals surface area contributed by atoms with Crippen LogP contribution >= 0.6 is 27.5 Å². The van der Waals surface area contributed by atoms with Crippen LogP contribution in [0.5, 0.6) is 5.75 Å². The molecule has 0 aliphatic carbocycles. The quantitative estimate of drug-likeness (QED) is 0.373. The van der Waals surface area contributed by atoms with Gasteiger partial charge in [-0.1, -0.05) is 27.5 Å². The van der Waals surface area contributed by atoms with Crippen LogP contribution < -0.4 is 14.8 Å². The third kappa shape index (κ3) is 6.86. The van der Waals surface area contributed by atoms with E-state index in [-0.39, 0.29) is 21.4 Å². The first-order valence-corrected chi connectivity index (χ1v) is 11.8. The van der Waals surface area contributed by atoms with Gasteiger partial charge < -0.3 is 10.1 Å². The number of anilines is 2. The number of amides is 1. The average Bonchev–Trinajstić information content (AvgIpc) is 2.75. The van der Waals surface area contributed by atoms with E-state index in [1.54, 1.807) is 24.3 Å². The monoisotopic (exact) mass is 562 g/mol. The topological polar surface area (TPSA) is 84.5 Å². The lowest BCUT2D eigenvalue weighted by molar-refractivity contribution is -0.137. The molecule has 2 N–H and O–H groups in total. The van der Waals surface area contributed by atoms with E-state index in [1.807, 2.05) is 0 Å². The van der Waals surface area contributed by atoms with E-state index < -0.39 is 34.3 Å². The molecule has 0 aliphatic heterocycles. The van der Waals surface area contributed by atoms with Crippen molar-refractivity contribution in [2.45, 2.75) is 11.1 Å². The zero-order valence-corrected chi connectivity index (χ0v) is 19.6. The Morgan fingerprint density at radius 2 is 1.64 bits per heavy atom. The summed E-state index contributed by atoms with van der Waals surface area (Å²) in [5.41, 5.74) is -0.791. The zero-order chi connectivity index (χ0) is 24.2. The minimum atomic E-state index is -4.59. The Labute approximate surface area is 200 Å². The Hall–Kier alpha value is -2.76. The van der Waals surface area contributed by atoms with Crippen molar-refractivity contribution in [3.63, 3.8) is 0 Å². The summed E-state index contributed by atoms with van der Waals surface area (Å²) < 4.78 is 72.0. The number of carbonyl (C=O) groups is 1. The summed E-state index contributed by atoms with van der Waals surface area (Å²) in [7, 11) is -3.84. The smallest absolute Gasteiger partial charge is 0.416 e. The van der Waals surface area contributed by atoms with E-state index in [4.69, 9.17) is 16.3 Å². The van der Waals surface area contributed by atoms with Gasteiger partial charge >= 0.3 is 6.18 Å². The summed E-state index contributed by atoms with van der Waals surface area (Å²) in [5.74, 6) is -0.562. The van der Waals surface area contributed by atoms with Crippen LogP contribution in [-0.2, 0) is 21.0 Å². The normalized spacial score (nSPS) is 11.7. The fourth-order valence-electron chi connectivity index (χ4n) is 2.58. The number of benzene rings is 3. The molecule has 6 nitrogen and oxygen atoms in total. The summed E-state index contributed by atoms with van der Waals surface area (Å²) in [5, 5.41) is 2.19. The number of ether oxygens (including phenoxy) is 1. The highest BCUT2D eigenvalue weighted by molar-refractivity contribution is 9.10. The van der Waals surface area contributed by atoms with Gasteiger partial charge in [-0.05, 0) is 66.7 Å². The van der Waals surface area contributed by atoms with Crippen LogP contribution in [0.15, 0.2) is 76.1 Å². The van der Waals surface area contributed by atoms with Crippen molar-refractivity contribution in [3.05, 3.63) is 81.8 Å². The van der Waals surface area contributed by atoms with Crippen LogP contribution in [0.3, 0.4) is 0 Å². The molecule has 174 valence electrons. The summed E-state index contributed by atoms with van der Waals surface area (Å²) >= 11 is 9.11. The van der Waals surface area contributed by atoms with E-state index >= 15 is 0 Å². The fourth-order valence-corrected chi connectivity index (χ4v) is 4.07. The standard InChI is InChI=1S/C21H15BrClF3N2O4S/c22-14-2-4-15(5-3-14)28-33(30,31)17-8-6-16(7-9-17)32-12-20(29)27-19-11-13(21(24,25)26)1-10-18(19)23/h1-11,28H,12H2,(H,27,29). The number of hydrogen-bond donors (Lipinski definition) is 2. The Kier molecular flexibility index (Phi) is 7.55. The molecule has 0 aliphatic rings. The largest absolute Gasteiger partial charge is 0.484 e. The van der Waals surface area contributed by atoms with Crippen LogP contribution in [0.1, 0.15) is 5.56 Å². The number of hydrogen-bond acceptors (Lipinski definition) is 4. The fraction of sp³-hybridized carbons (Fsp3) is 0.0952. The predicted molar refractivity (Wildman–Crippen MR) is 122 cm³/mol. The summed E-state index contributed by atoms with van der Waals surface area (Å²) in [6.45, 7) is -0.532. The Morgan fingerprint density at radius 3 is 2.24 bits per heavy atom. The van der Waals surface area contributed by atoms with Crippen molar-refractivity contribution in [1.82, 2.24) is 0 Å². The molecule has 33 heavy (non-hydrogen) atoms. The van der Waals surface area contributed by atoms with Crippen molar-refractivity contribution in [2.75, 3.05) is 16.6 Å². The minimum absolute atomic E-state index is 0.0297. The van der Waals surface area contributed by atoms with Gasteiger partial charge in [0.15, 0.2) is 6.61 Å². The van der Waals surface area contributed by atoms with Crippen molar-refractivity contribution in [3.8, 4) is 5.75 Å². The maximum Gasteiger partial charge on any atom is 0.416 e. The lowest BCUT2D eigenvalue weighted by atomic mass is 10.2. The van der Waals surface area contributed by atoms with Gasteiger partial charge in [0.2, 0.25) is 0 Å². The van der Waals surface area contributed by atoms with Crippen LogP contribution in [0.4, 0.5) is 24.5 Å². The van der Waals surface area contributed by atoms with Gasteiger partial charge in [-0.3, -0.25) is 9.52 Å². The molecule has 0 bridgehead atoms. The second kappa shape index (κ2) is 10.0. The second-order valence-electron chi connectivity index (χ2n) is 6.61. The van der Waals surface area contributed by atoms with Crippen LogP contribution in [-0.4, -0.2) is 20.9 Å². The minimum Gasteiger partial charge on any atom is -0.484 e. The first-order chi connectivity index (χ1) is 15.4. The van der Waals surface area contributed by atoms with E-state index in [2.05, 4.69) is 26.0 Å². The van der Waals surface area contributed by atoms with Gasteiger partial charge in [0.05, 0.1) is 21.2 Å². The number of sulfonamides is 1. The van der Waals surface area contributed by atoms with Gasteiger partial charge in [0, 0.05) is 10.2 Å². The second-order valence-corrected chi connectivity index (χ2v) is 9.62. The molecule has 1 amide bonds. The van der Waals surface area contributed by atoms with Gasteiger partial charge in [-0.2, -0.15) is 13.2 Å². The summed E-state index contributed by atoms with van der Waals surface area (Å²) in [4.78, 5) is 12.0. The highest BCUT2D eigenvalue weighted by Crippen LogP contribution is 2.33. The Bertz CT molecular complexity index is 1250. The SMILES string of the molecule is O=C(COc1ccc(S(=O)(=O)Nc2ccc(Br)cc2)cc1)Nc1cc(C(F)(F)F)ccc1Cl. The first-order valence-electron chi connectivity index (χ1n) is 9.12. The predicted octanol–water partition coefficient (Wildman–Crippen LogP) is 5.94. The zero-order valence-electron chi connectivity index (χ0n) is 16.5. The molecule has 0 spiro atoms. The third-order valence-electron chi connectivity index (χ3n) is 4.17. The van der Waals surface area contributed by atoms with E-state index in [9.17, 15) is 26.4 Å². The highest BCUT2D eigenvalue weighted by atomic mass is 79.9. The van der Waals surface area contributed by atoms with Crippen LogP contribution in [0.25, 0.3) is 0 Å².